The Morgan fingerprint density at radius 2 is 1.95 bits per heavy atom. The molecule has 3 heteroatoms. The van der Waals surface area contributed by atoms with E-state index < -0.39 is 0 Å². The van der Waals surface area contributed by atoms with Gasteiger partial charge in [0.2, 0.25) is 0 Å². The molecule has 2 aromatic rings. The average molecular weight is 254 g/mol. The second-order valence-corrected chi connectivity index (χ2v) is 4.88. The number of aromatic nitrogens is 1. The number of aliphatic hydroxyl groups is 1. The molecule has 3 nitrogen and oxygen atoms in total. The van der Waals surface area contributed by atoms with E-state index in [1.165, 1.54) is 24.1 Å². The summed E-state index contributed by atoms with van der Waals surface area (Å²) in [5.41, 5.74) is 3.36. The lowest BCUT2D eigenvalue weighted by Gasteiger charge is -2.24. The molecular weight excluding hydrogens is 236 g/mol. The molecular formula is C16H18N2O. The average Bonchev–Trinajstić information content (AvgIpc) is 2.69. The van der Waals surface area contributed by atoms with Crippen LogP contribution < -0.4 is 4.90 Å². The van der Waals surface area contributed by atoms with E-state index in [1.807, 2.05) is 18.2 Å². The molecule has 0 saturated heterocycles. The highest BCUT2D eigenvalue weighted by Crippen LogP contribution is 2.31. The summed E-state index contributed by atoms with van der Waals surface area (Å²) in [6, 6.07) is 14.4. The fraction of sp³-hybridized carbons (Fsp3) is 0.312. The molecule has 1 aliphatic heterocycles. The maximum absolute atomic E-state index is 9.23. The van der Waals surface area contributed by atoms with Crippen LogP contribution in [0.25, 0.3) is 0 Å². The van der Waals surface area contributed by atoms with Crippen molar-refractivity contribution >= 4 is 11.5 Å². The van der Waals surface area contributed by atoms with Gasteiger partial charge in [-0.15, -0.1) is 0 Å². The van der Waals surface area contributed by atoms with Crippen molar-refractivity contribution in [2.45, 2.75) is 25.9 Å². The number of rotatable bonds is 2. The van der Waals surface area contributed by atoms with E-state index in [2.05, 4.69) is 34.1 Å². The lowest BCUT2D eigenvalue weighted by Crippen LogP contribution is -2.19. The van der Waals surface area contributed by atoms with Crippen LogP contribution in [0.3, 0.4) is 0 Å². The summed E-state index contributed by atoms with van der Waals surface area (Å²) in [5, 5.41) is 9.23. The minimum atomic E-state index is -0.0106. The molecule has 0 bridgehead atoms. The largest absolute Gasteiger partial charge is 0.390 e. The minimum absolute atomic E-state index is 0.0106. The second kappa shape index (κ2) is 5.41. The van der Waals surface area contributed by atoms with Gasteiger partial charge in [0.15, 0.2) is 0 Å². The zero-order valence-corrected chi connectivity index (χ0v) is 10.9. The standard InChI is InChI=1S/C16H18N2O/c19-12-14-8-5-10-16(17-14)18-11-4-3-7-13-6-1-2-9-15(13)18/h1-2,5-6,8-10,19H,3-4,7,11-12H2. The van der Waals surface area contributed by atoms with Gasteiger partial charge in [-0.3, -0.25) is 0 Å². The summed E-state index contributed by atoms with van der Waals surface area (Å²) >= 11 is 0. The first-order chi connectivity index (χ1) is 9.38. The van der Waals surface area contributed by atoms with Crippen molar-refractivity contribution in [1.29, 1.82) is 0 Å². The maximum Gasteiger partial charge on any atom is 0.133 e. The molecule has 1 aliphatic rings. The third kappa shape index (κ3) is 2.47. The molecule has 19 heavy (non-hydrogen) atoms. The van der Waals surface area contributed by atoms with Gasteiger partial charge in [-0.2, -0.15) is 0 Å². The first-order valence-electron chi connectivity index (χ1n) is 6.81. The second-order valence-electron chi connectivity index (χ2n) is 4.88. The number of nitrogens with zero attached hydrogens (tertiary/aromatic N) is 2. The maximum atomic E-state index is 9.23. The molecule has 1 aromatic heterocycles. The van der Waals surface area contributed by atoms with Crippen LogP contribution in [0.4, 0.5) is 11.5 Å². The number of aryl methyl sites for hydroxylation is 1. The fourth-order valence-corrected chi connectivity index (χ4v) is 2.63. The molecule has 0 radical (unpaired) electrons. The topological polar surface area (TPSA) is 36.4 Å². The summed E-state index contributed by atoms with van der Waals surface area (Å²) in [6.45, 7) is 0.974. The Balaban J connectivity index is 2.03. The number of hydrogen-bond donors (Lipinski definition) is 1. The Morgan fingerprint density at radius 3 is 2.84 bits per heavy atom. The van der Waals surface area contributed by atoms with E-state index in [0.717, 1.165) is 24.5 Å². The van der Waals surface area contributed by atoms with Gasteiger partial charge < -0.3 is 10.0 Å². The van der Waals surface area contributed by atoms with Gasteiger partial charge >= 0.3 is 0 Å². The molecule has 0 saturated carbocycles. The number of hydrogen-bond acceptors (Lipinski definition) is 3. The van der Waals surface area contributed by atoms with Gasteiger partial charge in [-0.1, -0.05) is 24.3 Å². The van der Waals surface area contributed by atoms with Crippen molar-refractivity contribution < 1.29 is 5.11 Å². The SMILES string of the molecule is OCc1cccc(N2CCCCc3ccccc32)n1. The number of pyridine rings is 1. The number of benzene rings is 1. The molecule has 98 valence electrons. The van der Waals surface area contributed by atoms with Crippen molar-refractivity contribution in [2.24, 2.45) is 0 Å². The van der Waals surface area contributed by atoms with E-state index in [1.54, 1.807) is 0 Å². The minimum Gasteiger partial charge on any atom is -0.390 e. The lowest BCUT2D eigenvalue weighted by atomic mass is 10.1. The predicted octanol–water partition coefficient (Wildman–Crippen LogP) is 3.05. The first-order valence-corrected chi connectivity index (χ1v) is 6.81. The lowest BCUT2D eigenvalue weighted by molar-refractivity contribution is 0.277. The summed E-state index contributed by atoms with van der Waals surface area (Å²) < 4.78 is 0. The Bertz CT molecular complexity index is 568. The molecule has 3 rings (SSSR count). The summed E-state index contributed by atoms with van der Waals surface area (Å²) in [5.74, 6) is 0.931. The summed E-state index contributed by atoms with van der Waals surface area (Å²) in [6.07, 6.45) is 3.51. The highest BCUT2D eigenvalue weighted by atomic mass is 16.3. The highest BCUT2D eigenvalue weighted by molar-refractivity contribution is 5.64. The van der Waals surface area contributed by atoms with E-state index in [9.17, 15) is 5.11 Å². The normalized spacial score (nSPS) is 14.9. The molecule has 0 aliphatic carbocycles. The van der Waals surface area contributed by atoms with E-state index in [-0.39, 0.29) is 6.61 Å². The summed E-state index contributed by atoms with van der Waals surface area (Å²) in [7, 11) is 0. The van der Waals surface area contributed by atoms with Gasteiger partial charge in [0.05, 0.1) is 12.3 Å². The van der Waals surface area contributed by atoms with Crippen LogP contribution >= 0.6 is 0 Å². The molecule has 0 fully saturated rings. The molecule has 0 atom stereocenters. The molecule has 0 unspecified atom stereocenters. The number of anilines is 2. The Morgan fingerprint density at radius 1 is 1.05 bits per heavy atom. The first kappa shape index (κ1) is 12.2. The monoisotopic (exact) mass is 254 g/mol. The number of fused-ring (bicyclic) bond motifs is 1. The Labute approximate surface area is 113 Å². The van der Waals surface area contributed by atoms with Crippen LogP contribution in [-0.4, -0.2) is 16.6 Å². The van der Waals surface area contributed by atoms with Crippen molar-refractivity contribution in [3.8, 4) is 0 Å². The molecule has 0 spiro atoms. The van der Waals surface area contributed by atoms with Crippen LogP contribution in [-0.2, 0) is 13.0 Å². The fourth-order valence-electron chi connectivity index (χ4n) is 2.63. The van der Waals surface area contributed by atoms with Crippen LogP contribution in [0.2, 0.25) is 0 Å². The zero-order chi connectivity index (χ0) is 13.1. The predicted molar refractivity (Wildman–Crippen MR) is 76.5 cm³/mol. The molecule has 0 amide bonds. The van der Waals surface area contributed by atoms with Gasteiger partial charge in [-0.05, 0) is 43.0 Å². The van der Waals surface area contributed by atoms with E-state index in [0.29, 0.717) is 0 Å². The zero-order valence-electron chi connectivity index (χ0n) is 10.9. The van der Waals surface area contributed by atoms with Crippen LogP contribution in [0.5, 0.6) is 0 Å². The highest BCUT2D eigenvalue weighted by Gasteiger charge is 2.17. The number of aliphatic hydroxyl groups excluding tert-OH is 1. The van der Waals surface area contributed by atoms with Crippen molar-refractivity contribution in [2.75, 3.05) is 11.4 Å². The van der Waals surface area contributed by atoms with Crippen molar-refractivity contribution in [3.05, 3.63) is 53.7 Å². The third-order valence-corrected chi connectivity index (χ3v) is 3.59. The van der Waals surface area contributed by atoms with Crippen LogP contribution in [0.15, 0.2) is 42.5 Å². The Hall–Kier alpha value is -1.87. The quantitative estimate of drug-likeness (QED) is 0.894. The van der Waals surface area contributed by atoms with Gasteiger partial charge in [0, 0.05) is 12.2 Å². The summed E-state index contributed by atoms with van der Waals surface area (Å²) in [4.78, 5) is 6.80. The van der Waals surface area contributed by atoms with Crippen molar-refractivity contribution in [3.63, 3.8) is 0 Å². The Kier molecular flexibility index (Phi) is 3.47. The van der Waals surface area contributed by atoms with Gasteiger partial charge in [0.1, 0.15) is 5.82 Å². The number of para-hydroxylation sites is 1. The van der Waals surface area contributed by atoms with E-state index in [4.69, 9.17) is 0 Å². The van der Waals surface area contributed by atoms with Crippen LogP contribution in [0.1, 0.15) is 24.1 Å². The van der Waals surface area contributed by atoms with Crippen LogP contribution in [0, 0.1) is 0 Å². The molecule has 1 aromatic carbocycles. The van der Waals surface area contributed by atoms with Crippen molar-refractivity contribution in [1.82, 2.24) is 4.98 Å². The molecule has 2 heterocycles. The smallest absolute Gasteiger partial charge is 0.133 e. The van der Waals surface area contributed by atoms with E-state index >= 15 is 0 Å². The molecule has 1 N–H and O–H groups in total. The van der Waals surface area contributed by atoms with Gasteiger partial charge in [-0.25, -0.2) is 4.98 Å². The third-order valence-electron chi connectivity index (χ3n) is 3.59. The van der Waals surface area contributed by atoms with Gasteiger partial charge in [0.25, 0.3) is 0 Å².